The van der Waals surface area contributed by atoms with Gasteiger partial charge in [-0.25, -0.2) is 0 Å². The van der Waals surface area contributed by atoms with Crippen LogP contribution < -0.4 is 0 Å². The number of esters is 3. The lowest BCUT2D eigenvalue weighted by Gasteiger charge is -2.18. The third-order valence-electron chi connectivity index (χ3n) is 12.6. The zero-order valence-electron chi connectivity index (χ0n) is 43.0. The molecule has 8 heteroatoms. The van der Waals surface area contributed by atoms with Gasteiger partial charge in [-0.2, -0.15) is 0 Å². The van der Waals surface area contributed by atoms with E-state index >= 15 is 0 Å². The summed E-state index contributed by atoms with van der Waals surface area (Å²) in [6, 6.07) is 0. The van der Waals surface area contributed by atoms with Gasteiger partial charge < -0.3 is 24.4 Å². The van der Waals surface area contributed by atoms with Gasteiger partial charge in [0.25, 0.3) is 0 Å². The van der Waals surface area contributed by atoms with E-state index in [0.29, 0.717) is 12.8 Å². The van der Waals surface area contributed by atoms with E-state index in [1.165, 1.54) is 116 Å². The molecule has 0 unspecified atom stereocenters. The van der Waals surface area contributed by atoms with E-state index in [0.717, 1.165) is 135 Å². The van der Waals surface area contributed by atoms with Crippen LogP contribution >= 0.6 is 0 Å². The molecule has 0 saturated heterocycles. The highest BCUT2D eigenvalue weighted by Crippen LogP contribution is 2.16. The normalized spacial score (nSPS) is 13.1. The van der Waals surface area contributed by atoms with Crippen molar-refractivity contribution >= 4 is 17.9 Å². The largest absolute Gasteiger partial charge is 0.462 e. The van der Waals surface area contributed by atoms with Gasteiger partial charge in [-0.3, -0.25) is 14.4 Å². The zero-order chi connectivity index (χ0) is 47.5. The summed E-state index contributed by atoms with van der Waals surface area (Å²) in [5, 5.41) is 20.3. The maximum absolute atomic E-state index is 12.8. The summed E-state index contributed by atoms with van der Waals surface area (Å²) < 4.78 is 16.8. The van der Waals surface area contributed by atoms with Gasteiger partial charge in [-0.05, 0) is 70.6 Å². The van der Waals surface area contributed by atoms with Crippen molar-refractivity contribution in [1.82, 2.24) is 0 Å². The lowest BCUT2D eigenvalue weighted by molar-refractivity contribution is -0.167. The smallest absolute Gasteiger partial charge is 0.306 e. The minimum atomic E-state index is -0.812. The van der Waals surface area contributed by atoms with Gasteiger partial charge in [0.05, 0.1) is 12.2 Å². The van der Waals surface area contributed by atoms with Crippen molar-refractivity contribution in [2.45, 2.75) is 309 Å². The Kier molecular flexibility index (Phi) is 49.5. The minimum absolute atomic E-state index is 0.105. The second kappa shape index (κ2) is 51.2. The minimum Gasteiger partial charge on any atom is -0.462 e. The van der Waals surface area contributed by atoms with Crippen LogP contribution in [-0.4, -0.2) is 59.6 Å². The van der Waals surface area contributed by atoms with Crippen LogP contribution in [0.1, 0.15) is 290 Å². The van der Waals surface area contributed by atoms with Gasteiger partial charge in [0, 0.05) is 19.3 Å². The Morgan fingerprint density at radius 1 is 0.369 bits per heavy atom. The summed E-state index contributed by atoms with van der Waals surface area (Å²) in [5.41, 5.74) is 0. The average Bonchev–Trinajstić information content (AvgIpc) is 3.30. The van der Waals surface area contributed by atoms with Gasteiger partial charge in [-0.15, -0.1) is 0 Å². The third kappa shape index (κ3) is 49.5. The second-order valence-electron chi connectivity index (χ2n) is 19.2. The van der Waals surface area contributed by atoms with Crippen LogP contribution in [0.2, 0.25) is 0 Å². The summed E-state index contributed by atoms with van der Waals surface area (Å²) in [5.74, 6) is -0.972. The molecule has 0 bridgehead atoms. The van der Waals surface area contributed by atoms with Gasteiger partial charge >= 0.3 is 17.9 Å². The van der Waals surface area contributed by atoms with E-state index in [9.17, 15) is 24.6 Å². The highest BCUT2D eigenvalue weighted by Gasteiger charge is 2.19. The Balaban J connectivity index is 4.44. The van der Waals surface area contributed by atoms with Gasteiger partial charge in [0.2, 0.25) is 0 Å². The van der Waals surface area contributed by atoms with Crippen LogP contribution in [0, 0.1) is 0 Å². The number of aliphatic hydroxyl groups excluding tert-OH is 2. The Labute approximate surface area is 401 Å². The van der Waals surface area contributed by atoms with Crippen LogP contribution in [0.5, 0.6) is 0 Å². The summed E-state index contributed by atoms with van der Waals surface area (Å²) in [6.45, 7) is 6.46. The molecule has 0 aromatic heterocycles. The molecule has 8 nitrogen and oxygen atoms in total. The second-order valence-corrected chi connectivity index (χ2v) is 19.2. The monoisotopic (exact) mass is 919 g/mol. The number of aliphatic hydroxyl groups is 2. The van der Waals surface area contributed by atoms with E-state index in [-0.39, 0.29) is 49.8 Å². The predicted octanol–water partition coefficient (Wildman–Crippen LogP) is 16.3. The lowest BCUT2D eigenvalue weighted by Crippen LogP contribution is -2.30. The van der Waals surface area contributed by atoms with Gasteiger partial charge in [0.15, 0.2) is 6.10 Å². The first-order valence-corrected chi connectivity index (χ1v) is 28.0. The van der Waals surface area contributed by atoms with E-state index in [2.05, 4.69) is 45.1 Å². The fourth-order valence-electron chi connectivity index (χ4n) is 8.23. The topological polar surface area (TPSA) is 119 Å². The van der Waals surface area contributed by atoms with Gasteiger partial charge in [0.1, 0.15) is 13.2 Å². The average molecular weight is 919 g/mol. The number of carbonyl (C=O) groups excluding carboxylic acids is 3. The molecule has 382 valence electrons. The molecule has 3 atom stereocenters. The standard InChI is InChI=1S/C57H106O8/c1-4-7-10-13-14-15-16-17-18-19-20-21-28-33-40-47-55(60)63-50-54(65-57(62)49-42-35-30-25-23-27-32-39-46-53(59)44-37-12-9-6-3)51-64-56(61)48-41-34-29-24-22-26-31-38-45-52(58)43-36-11-8-5-2/h31-32,38-39,52-54,58-59H,4-30,33-37,40-51H2,1-3H3/b38-31-,39-32-/t52-,53-,54+/m0/s1. The molecule has 0 aliphatic carbocycles. The zero-order valence-corrected chi connectivity index (χ0v) is 43.0. The number of rotatable bonds is 51. The van der Waals surface area contributed by atoms with Crippen LogP contribution in [-0.2, 0) is 28.6 Å². The SMILES string of the molecule is CCCCCCCCCCCCCCCCCC(=O)OC[C@H](COC(=O)CCCCCCC/C=C\C[C@@H](O)CCCCCC)OC(=O)CCCCCCC/C=C\C[C@@H](O)CCCCCC. The summed E-state index contributed by atoms with van der Waals surface area (Å²) in [4.78, 5) is 38.1. The molecule has 0 spiro atoms. The highest BCUT2D eigenvalue weighted by molar-refractivity contribution is 5.71. The molecule has 2 N–H and O–H groups in total. The molecule has 0 aromatic rings. The quantitative estimate of drug-likeness (QED) is 0.0268. The van der Waals surface area contributed by atoms with E-state index in [1.807, 2.05) is 0 Å². The van der Waals surface area contributed by atoms with Crippen molar-refractivity contribution in [3.05, 3.63) is 24.3 Å². The summed E-state index contributed by atoms with van der Waals surface area (Å²) >= 11 is 0. The first-order valence-electron chi connectivity index (χ1n) is 28.0. The molecule has 0 amide bonds. The van der Waals surface area contributed by atoms with Crippen molar-refractivity contribution in [1.29, 1.82) is 0 Å². The molecule has 0 rings (SSSR count). The third-order valence-corrected chi connectivity index (χ3v) is 12.6. The fourth-order valence-corrected chi connectivity index (χ4v) is 8.23. The number of hydrogen-bond acceptors (Lipinski definition) is 8. The number of unbranched alkanes of at least 4 members (excludes halogenated alkanes) is 30. The first-order chi connectivity index (χ1) is 31.8. The van der Waals surface area contributed by atoms with Crippen LogP contribution in [0.3, 0.4) is 0 Å². The molecule has 65 heavy (non-hydrogen) atoms. The van der Waals surface area contributed by atoms with Crippen molar-refractivity contribution in [2.75, 3.05) is 13.2 Å². The molecule has 0 heterocycles. The molecule has 0 aromatic carbocycles. The molecule has 0 aliphatic rings. The van der Waals surface area contributed by atoms with E-state index in [4.69, 9.17) is 14.2 Å². The Morgan fingerprint density at radius 3 is 1.02 bits per heavy atom. The number of hydrogen-bond donors (Lipinski definition) is 2. The summed E-state index contributed by atoms with van der Waals surface area (Å²) in [6.07, 6.45) is 51.9. The predicted molar refractivity (Wildman–Crippen MR) is 273 cm³/mol. The van der Waals surface area contributed by atoms with Crippen molar-refractivity contribution in [3.63, 3.8) is 0 Å². The first kappa shape index (κ1) is 62.8. The van der Waals surface area contributed by atoms with Crippen molar-refractivity contribution < 1.29 is 38.8 Å². The van der Waals surface area contributed by atoms with Crippen molar-refractivity contribution in [2.24, 2.45) is 0 Å². The lowest BCUT2D eigenvalue weighted by atomic mass is 10.0. The van der Waals surface area contributed by atoms with E-state index < -0.39 is 6.10 Å². The molecule has 0 aliphatic heterocycles. The Morgan fingerprint density at radius 2 is 0.662 bits per heavy atom. The highest BCUT2D eigenvalue weighted by atomic mass is 16.6. The fraction of sp³-hybridized carbons (Fsp3) is 0.877. The Hall–Kier alpha value is -2.19. The van der Waals surface area contributed by atoms with Crippen molar-refractivity contribution in [3.8, 4) is 0 Å². The van der Waals surface area contributed by atoms with E-state index in [1.54, 1.807) is 0 Å². The molecule has 0 radical (unpaired) electrons. The number of allylic oxidation sites excluding steroid dienone is 2. The maximum Gasteiger partial charge on any atom is 0.306 e. The molecule has 0 fully saturated rings. The Bertz CT molecular complexity index is 1090. The van der Waals surface area contributed by atoms with Crippen LogP contribution in [0.15, 0.2) is 24.3 Å². The van der Waals surface area contributed by atoms with Gasteiger partial charge in [-0.1, -0.05) is 225 Å². The molecular weight excluding hydrogens is 813 g/mol. The number of carbonyl (C=O) groups is 3. The number of ether oxygens (including phenoxy) is 3. The van der Waals surface area contributed by atoms with Crippen LogP contribution in [0.25, 0.3) is 0 Å². The molecular formula is C57H106O8. The molecule has 0 saturated carbocycles. The van der Waals surface area contributed by atoms with Crippen LogP contribution in [0.4, 0.5) is 0 Å². The maximum atomic E-state index is 12.8. The summed E-state index contributed by atoms with van der Waals surface area (Å²) in [7, 11) is 0.